The molecule has 0 unspecified atom stereocenters. The molecule has 20 heavy (non-hydrogen) atoms. The quantitative estimate of drug-likeness (QED) is 0.480. The lowest BCUT2D eigenvalue weighted by molar-refractivity contribution is -0.387. The van der Waals surface area contributed by atoms with Crippen LogP contribution in [0.25, 0.3) is 11.3 Å². The number of oxazole rings is 1. The molecule has 1 heterocycles. The SMILES string of the molecule is O=[N+]([O-])c1ccc(F)c(-c2cnc(CCCCl)o2)c1F. The normalized spacial score (nSPS) is 10.8. The number of aromatic nitrogens is 1. The molecule has 0 aliphatic rings. The standard InChI is InChI=1S/C12H9ClF2N2O3/c13-5-1-2-10-16-6-9(20-10)11-7(14)3-4-8(12(11)15)17(18)19/h3-4,6H,1-2,5H2. The van der Waals surface area contributed by atoms with Crippen molar-refractivity contribution in [3.63, 3.8) is 0 Å². The molecule has 0 amide bonds. The van der Waals surface area contributed by atoms with Gasteiger partial charge in [-0.05, 0) is 12.5 Å². The third kappa shape index (κ3) is 2.77. The summed E-state index contributed by atoms with van der Waals surface area (Å²) >= 11 is 5.52. The highest BCUT2D eigenvalue weighted by Crippen LogP contribution is 2.32. The second kappa shape index (κ2) is 5.96. The summed E-state index contributed by atoms with van der Waals surface area (Å²) in [6, 6.07) is 1.58. The van der Waals surface area contributed by atoms with Crippen LogP contribution in [0.5, 0.6) is 0 Å². The zero-order valence-corrected chi connectivity index (χ0v) is 10.9. The van der Waals surface area contributed by atoms with E-state index in [-0.39, 0.29) is 11.7 Å². The Balaban J connectivity index is 2.44. The van der Waals surface area contributed by atoms with E-state index in [0.717, 1.165) is 18.3 Å². The largest absolute Gasteiger partial charge is 0.441 e. The lowest BCUT2D eigenvalue weighted by atomic mass is 10.1. The van der Waals surface area contributed by atoms with Crippen LogP contribution in [0, 0.1) is 21.7 Å². The van der Waals surface area contributed by atoms with E-state index in [0.29, 0.717) is 18.7 Å². The summed E-state index contributed by atoms with van der Waals surface area (Å²) in [6.07, 6.45) is 2.15. The summed E-state index contributed by atoms with van der Waals surface area (Å²) in [5.74, 6) is -1.75. The van der Waals surface area contributed by atoms with Gasteiger partial charge in [-0.25, -0.2) is 9.37 Å². The summed E-state index contributed by atoms with van der Waals surface area (Å²) in [5.41, 5.74) is -1.41. The molecule has 5 nitrogen and oxygen atoms in total. The van der Waals surface area contributed by atoms with E-state index in [1.54, 1.807) is 0 Å². The second-order valence-electron chi connectivity index (χ2n) is 3.92. The number of nitro benzene ring substituents is 1. The van der Waals surface area contributed by atoms with Gasteiger partial charge in [0.15, 0.2) is 11.7 Å². The van der Waals surface area contributed by atoms with Gasteiger partial charge in [0.05, 0.1) is 16.7 Å². The lowest BCUT2D eigenvalue weighted by Crippen LogP contribution is -1.97. The molecule has 0 saturated heterocycles. The molecule has 0 spiro atoms. The number of nitro groups is 1. The number of halogens is 3. The van der Waals surface area contributed by atoms with E-state index in [1.807, 2.05) is 0 Å². The van der Waals surface area contributed by atoms with Crippen molar-refractivity contribution >= 4 is 17.3 Å². The summed E-state index contributed by atoms with van der Waals surface area (Å²) in [5, 5.41) is 10.6. The van der Waals surface area contributed by atoms with Crippen LogP contribution >= 0.6 is 11.6 Å². The van der Waals surface area contributed by atoms with Crippen LogP contribution < -0.4 is 0 Å². The molecule has 1 aromatic heterocycles. The topological polar surface area (TPSA) is 69.2 Å². The van der Waals surface area contributed by atoms with Crippen LogP contribution in [0.15, 0.2) is 22.7 Å². The van der Waals surface area contributed by atoms with Crippen molar-refractivity contribution in [3.8, 4) is 11.3 Å². The Morgan fingerprint density at radius 1 is 1.40 bits per heavy atom. The average Bonchev–Trinajstić information content (AvgIpc) is 2.84. The molecule has 2 rings (SSSR count). The zero-order valence-electron chi connectivity index (χ0n) is 10.1. The minimum absolute atomic E-state index is 0.187. The van der Waals surface area contributed by atoms with Crippen molar-refractivity contribution in [1.82, 2.24) is 4.98 Å². The molecular weight excluding hydrogens is 294 g/mol. The van der Waals surface area contributed by atoms with Crippen molar-refractivity contribution in [1.29, 1.82) is 0 Å². The van der Waals surface area contributed by atoms with Crippen molar-refractivity contribution in [2.75, 3.05) is 5.88 Å². The van der Waals surface area contributed by atoms with Crippen LogP contribution in [0.4, 0.5) is 14.5 Å². The van der Waals surface area contributed by atoms with Gasteiger partial charge in [-0.15, -0.1) is 11.6 Å². The number of hydrogen-bond donors (Lipinski definition) is 0. The smallest absolute Gasteiger partial charge is 0.305 e. The average molecular weight is 303 g/mol. The van der Waals surface area contributed by atoms with Crippen molar-refractivity contribution in [3.05, 3.63) is 46.0 Å². The lowest BCUT2D eigenvalue weighted by Gasteiger charge is -2.01. The van der Waals surface area contributed by atoms with Gasteiger partial charge in [-0.1, -0.05) is 0 Å². The summed E-state index contributed by atoms with van der Waals surface area (Å²) in [4.78, 5) is 13.6. The monoisotopic (exact) mass is 302 g/mol. The van der Waals surface area contributed by atoms with Crippen LogP contribution in [0.2, 0.25) is 0 Å². The Hall–Kier alpha value is -2.02. The molecule has 0 aliphatic heterocycles. The first kappa shape index (κ1) is 14.4. The first-order valence-electron chi connectivity index (χ1n) is 5.68. The maximum absolute atomic E-state index is 13.9. The van der Waals surface area contributed by atoms with Gasteiger partial charge in [0.25, 0.3) is 0 Å². The van der Waals surface area contributed by atoms with E-state index in [4.69, 9.17) is 16.0 Å². The molecule has 0 atom stereocenters. The van der Waals surface area contributed by atoms with E-state index in [9.17, 15) is 18.9 Å². The first-order chi connectivity index (χ1) is 9.54. The molecule has 0 saturated carbocycles. The summed E-state index contributed by atoms with van der Waals surface area (Å²) < 4.78 is 32.8. The van der Waals surface area contributed by atoms with Gasteiger partial charge in [0, 0.05) is 18.4 Å². The van der Waals surface area contributed by atoms with E-state index < -0.39 is 27.8 Å². The maximum Gasteiger partial charge on any atom is 0.305 e. The van der Waals surface area contributed by atoms with Gasteiger partial charge in [0.2, 0.25) is 5.82 Å². The number of benzene rings is 1. The van der Waals surface area contributed by atoms with Gasteiger partial charge < -0.3 is 4.42 Å². The molecule has 0 bridgehead atoms. The van der Waals surface area contributed by atoms with Crippen molar-refractivity contribution in [2.45, 2.75) is 12.8 Å². The minimum Gasteiger partial charge on any atom is -0.441 e. The Morgan fingerprint density at radius 3 is 2.80 bits per heavy atom. The molecule has 0 aliphatic carbocycles. The molecule has 0 fully saturated rings. The fourth-order valence-electron chi connectivity index (χ4n) is 1.67. The third-order valence-corrected chi connectivity index (χ3v) is 2.86. The van der Waals surface area contributed by atoms with Gasteiger partial charge >= 0.3 is 5.69 Å². The van der Waals surface area contributed by atoms with E-state index >= 15 is 0 Å². The predicted octanol–water partition coefficient (Wildman–Crippen LogP) is 3.70. The first-order valence-corrected chi connectivity index (χ1v) is 6.21. The van der Waals surface area contributed by atoms with Crippen molar-refractivity contribution < 1.29 is 18.1 Å². The number of rotatable bonds is 5. The van der Waals surface area contributed by atoms with Gasteiger partial charge in [0.1, 0.15) is 5.82 Å². The highest BCUT2D eigenvalue weighted by atomic mass is 35.5. The number of alkyl halides is 1. The second-order valence-corrected chi connectivity index (χ2v) is 4.30. The number of aryl methyl sites for hydroxylation is 1. The van der Waals surface area contributed by atoms with Crippen LogP contribution in [-0.4, -0.2) is 15.8 Å². The highest BCUT2D eigenvalue weighted by molar-refractivity contribution is 6.17. The molecular formula is C12H9ClF2N2O3. The fourth-order valence-corrected chi connectivity index (χ4v) is 1.80. The third-order valence-electron chi connectivity index (χ3n) is 2.59. The van der Waals surface area contributed by atoms with Gasteiger partial charge in [-0.2, -0.15) is 4.39 Å². The summed E-state index contributed by atoms with van der Waals surface area (Å²) in [7, 11) is 0. The molecule has 2 aromatic rings. The Morgan fingerprint density at radius 2 is 2.15 bits per heavy atom. The Kier molecular flexibility index (Phi) is 4.29. The molecule has 1 aromatic carbocycles. The number of hydrogen-bond acceptors (Lipinski definition) is 4. The molecule has 106 valence electrons. The van der Waals surface area contributed by atoms with E-state index in [2.05, 4.69) is 4.98 Å². The van der Waals surface area contributed by atoms with Crippen molar-refractivity contribution in [2.24, 2.45) is 0 Å². The van der Waals surface area contributed by atoms with Gasteiger partial charge in [-0.3, -0.25) is 10.1 Å². The van der Waals surface area contributed by atoms with Crippen LogP contribution in [0.3, 0.4) is 0 Å². The Bertz CT molecular complexity index is 646. The summed E-state index contributed by atoms with van der Waals surface area (Å²) in [6.45, 7) is 0. The molecule has 8 heteroatoms. The zero-order chi connectivity index (χ0) is 14.7. The van der Waals surface area contributed by atoms with Crippen LogP contribution in [0.1, 0.15) is 12.3 Å². The van der Waals surface area contributed by atoms with Crippen LogP contribution in [-0.2, 0) is 6.42 Å². The van der Waals surface area contributed by atoms with E-state index in [1.165, 1.54) is 0 Å². The Labute approximate surface area is 117 Å². The molecule has 0 radical (unpaired) electrons. The fraction of sp³-hybridized carbons (Fsp3) is 0.250. The highest BCUT2D eigenvalue weighted by Gasteiger charge is 2.24. The maximum atomic E-state index is 13.9. The number of nitrogens with zero attached hydrogens (tertiary/aromatic N) is 2. The minimum atomic E-state index is -1.28. The predicted molar refractivity (Wildman–Crippen MR) is 67.6 cm³/mol. The molecule has 0 N–H and O–H groups in total.